The van der Waals surface area contributed by atoms with Gasteiger partial charge in [0.1, 0.15) is 16.5 Å². The van der Waals surface area contributed by atoms with Gasteiger partial charge >= 0.3 is 0 Å². The number of nitrogens with zero attached hydrogens (tertiary/aromatic N) is 3. The van der Waals surface area contributed by atoms with Crippen LogP contribution in [0.5, 0.6) is 0 Å². The Labute approximate surface area is 159 Å². The number of thiophene rings is 1. The van der Waals surface area contributed by atoms with E-state index < -0.39 is 0 Å². The van der Waals surface area contributed by atoms with Gasteiger partial charge in [0.2, 0.25) is 0 Å². The van der Waals surface area contributed by atoms with E-state index >= 15 is 0 Å². The van der Waals surface area contributed by atoms with Crippen LogP contribution in [0.1, 0.15) is 40.7 Å². The molecule has 3 aromatic rings. The van der Waals surface area contributed by atoms with Crippen LogP contribution < -0.4 is 5.32 Å². The van der Waals surface area contributed by atoms with E-state index in [1.165, 1.54) is 40.7 Å². The molecular weight excluding hydrogens is 340 g/mol. The molecule has 1 atom stereocenters. The third kappa shape index (κ3) is 3.33. The molecule has 0 spiro atoms. The predicted molar refractivity (Wildman–Crippen MR) is 110 cm³/mol. The molecule has 136 valence electrons. The highest BCUT2D eigenvalue weighted by Crippen LogP contribution is 2.38. The van der Waals surface area contributed by atoms with Crippen LogP contribution in [0.25, 0.3) is 10.2 Å². The average molecular weight is 367 g/mol. The average Bonchev–Trinajstić information content (AvgIpc) is 3.00. The van der Waals surface area contributed by atoms with Crippen molar-refractivity contribution >= 4 is 27.4 Å². The van der Waals surface area contributed by atoms with Crippen molar-refractivity contribution < 1.29 is 0 Å². The molecule has 1 aliphatic carbocycles. The Morgan fingerprint density at radius 3 is 2.65 bits per heavy atom. The number of rotatable bonds is 5. The van der Waals surface area contributed by atoms with Crippen molar-refractivity contribution in [2.45, 2.75) is 38.6 Å². The van der Waals surface area contributed by atoms with E-state index in [-0.39, 0.29) is 0 Å². The van der Waals surface area contributed by atoms with Crippen LogP contribution >= 0.6 is 11.3 Å². The zero-order chi connectivity index (χ0) is 18.1. The Kier molecular flexibility index (Phi) is 4.92. The van der Waals surface area contributed by atoms with Gasteiger partial charge < -0.3 is 10.2 Å². The standard InChI is InChI=1S/C21H26N4S/c1-14-23-20(19-16-11-7-8-12-18(16)26-21(19)24-14)22-13-17(25(2)3)15-9-5-4-6-10-15/h4-6,9-10,17H,7-8,11-13H2,1-3H3,(H,22,23,24). The molecule has 0 fully saturated rings. The number of likely N-dealkylation sites (N-methyl/N-ethyl adjacent to an activating group) is 1. The van der Waals surface area contributed by atoms with Gasteiger partial charge in [-0.15, -0.1) is 11.3 Å². The summed E-state index contributed by atoms with van der Waals surface area (Å²) in [6.07, 6.45) is 4.92. The third-order valence-electron chi connectivity index (χ3n) is 5.20. The zero-order valence-electron chi connectivity index (χ0n) is 15.7. The van der Waals surface area contributed by atoms with Crippen molar-refractivity contribution in [3.63, 3.8) is 0 Å². The Morgan fingerprint density at radius 1 is 1.12 bits per heavy atom. The van der Waals surface area contributed by atoms with E-state index in [2.05, 4.69) is 54.6 Å². The van der Waals surface area contributed by atoms with E-state index in [0.29, 0.717) is 6.04 Å². The Bertz CT molecular complexity index is 901. The minimum Gasteiger partial charge on any atom is -0.367 e. The highest BCUT2D eigenvalue weighted by atomic mass is 32.1. The topological polar surface area (TPSA) is 41.1 Å². The van der Waals surface area contributed by atoms with E-state index in [4.69, 9.17) is 9.97 Å². The molecule has 26 heavy (non-hydrogen) atoms. The number of anilines is 1. The van der Waals surface area contributed by atoms with Gasteiger partial charge in [-0.3, -0.25) is 0 Å². The van der Waals surface area contributed by atoms with Crippen LogP contribution in [-0.2, 0) is 12.8 Å². The first-order valence-corrected chi connectivity index (χ1v) is 10.2. The van der Waals surface area contributed by atoms with Crippen molar-refractivity contribution in [2.24, 2.45) is 0 Å². The minimum atomic E-state index is 0.302. The molecule has 1 aliphatic rings. The first kappa shape index (κ1) is 17.4. The van der Waals surface area contributed by atoms with Gasteiger partial charge in [-0.05, 0) is 57.8 Å². The Hall–Kier alpha value is -1.98. The molecule has 0 radical (unpaired) electrons. The fourth-order valence-electron chi connectivity index (χ4n) is 3.86. The maximum Gasteiger partial charge on any atom is 0.138 e. The van der Waals surface area contributed by atoms with Gasteiger partial charge in [0.15, 0.2) is 0 Å². The van der Waals surface area contributed by atoms with Crippen molar-refractivity contribution in [1.29, 1.82) is 0 Å². The highest BCUT2D eigenvalue weighted by molar-refractivity contribution is 7.19. The predicted octanol–water partition coefficient (Wildman–Crippen LogP) is 4.59. The van der Waals surface area contributed by atoms with Gasteiger partial charge in [-0.1, -0.05) is 30.3 Å². The quantitative estimate of drug-likeness (QED) is 0.717. The van der Waals surface area contributed by atoms with Crippen LogP contribution in [-0.4, -0.2) is 35.5 Å². The van der Waals surface area contributed by atoms with E-state index in [0.717, 1.165) is 29.4 Å². The summed E-state index contributed by atoms with van der Waals surface area (Å²) in [5.74, 6) is 1.86. The van der Waals surface area contributed by atoms with Crippen molar-refractivity contribution in [2.75, 3.05) is 26.0 Å². The lowest BCUT2D eigenvalue weighted by molar-refractivity contribution is 0.311. The first-order valence-electron chi connectivity index (χ1n) is 9.37. The van der Waals surface area contributed by atoms with E-state index in [1.54, 1.807) is 0 Å². The molecule has 1 aromatic carbocycles. The van der Waals surface area contributed by atoms with Gasteiger partial charge in [-0.25, -0.2) is 9.97 Å². The number of fused-ring (bicyclic) bond motifs is 3. The van der Waals surface area contributed by atoms with Gasteiger partial charge in [0, 0.05) is 11.4 Å². The lowest BCUT2D eigenvalue weighted by atomic mass is 9.97. The lowest BCUT2D eigenvalue weighted by Gasteiger charge is -2.25. The molecule has 0 saturated carbocycles. The number of aryl methyl sites for hydroxylation is 3. The number of aromatic nitrogens is 2. The van der Waals surface area contributed by atoms with Gasteiger partial charge in [0.05, 0.1) is 11.4 Å². The molecule has 0 aliphatic heterocycles. The van der Waals surface area contributed by atoms with Crippen LogP contribution in [0, 0.1) is 6.92 Å². The molecule has 5 heteroatoms. The van der Waals surface area contributed by atoms with E-state index in [1.807, 2.05) is 18.3 Å². The molecule has 0 bridgehead atoms. The molecule has 4 rings (SSSR count). The number of hydrogen-bond donors (Lipinski definition) is 1. The minimum absolute atomic E-state index is 0.302. The Morgan fingerprint density at radius 2 is 1.88 bits per heavy atom. The summed E-state index contributed by atoms with van der Waals surface area (Å²) in [5.41, 5.74) is 2.80. The monoisotopic (exact) mass is 366 g/mol. The number of nitrogens with one attached hydrogen (secondary N) is 1. The SMILES string of the molecule is Cc1nc(NCC(c2ccccc2)N(C)C)c2c3c(sc2n1)CCCC3. The van der Waals surface area contributed by atoms with Crippen LogP contribution in [0.2, 0.25) is 0 Å². The summed E-state index contributed by atoms with van der Waals surface area (Å²) >= 11 is 1.86. The van der Waals surface area contributed by atoms with Crippen LogP contribution in [0.3, 0.4) is 0 Å². The normalized spacial score (nSPS) is 15.2. The summed E-state index contributed by atoms with van der Waals surface area (Å²) < 4.78 is 0. The molecule has 4 nitrogen and oxygen atoms in total. The second-order valence-corrected chi connectivity index (χ2v) is 8.37. The van der Waals surface area contributed by atoms with Crippen molar-refractivity contribution in [1.82, 2.24) is 14.9 Å². The highest BCUT2D eigenvalue weighted by Gasteiger charge is 2.21. The second kappa shape index (κ2) is 7.33. The molecule has 2 aromatic heterocycles. The maximum atomic E-state index is 4.77. The molecule has 0 amide bonds. The third-order valence-corrected chi connectivity index (χ3v) is 6.38. The Balaban J connectivity index is 1.67. The molecule has 1 N–H and O–H groups in total. The maximum absolute atomic E-state index is 4.77. The fourth-order valence-corrected chi connectivity index (χ4v) is 5.17. The second-order valence-electron chi connectivity index (χ2n) is 7.28. The van der Waals surface area contributed by atoms with Crippen molar-refractivity contribution in [3.05, 3.63) is 52.2 Å². The summed E-state index contributed by atoms with van der Waals surface area (Å²) in [4.78, 5) is 14.4. The van der Waals surface area contributed by atoms with Gasteiger partial charge in [-0.2, -0.15) is 0 Å². The molecular formula is C21H26N4S. The first-order chi connectivity index (χ1) is 12.6. The smallest absolute Gasteiger partial charge is 0.138 e. The summed E-state index contributed by atoms with van der Waals surface area (Å²) in [6, 6.07) is 11.0. The summed E-state index contributed by atoms with van der Waals surface area (Å²) in [5, 5.41) is 4.92. The summed E-state index contributed by atoms with van der Waals surface area (Å²) in [6.45, 7) is 2.82. The molecule has 2 heterocycles. The summed E-state index contributed by atoms with van der Waals surface area (Å²) in [7, 11) is 4.26. The van der Waals surface area contributed by atoms with E-state index in [9.17, 15) is 0 Å². The largest absolute Gasteiger partial charge is 0.367 e. The zero-order valence-corrected chi connectivity index (χ0v) is 16.6. The van der Waals surface area contributed by atoms with Crippen LogP contribution in [0.15, 0.2) is 30.3 Å². The van der Waals surface area contributed by atoms with Crippen LogP contribution in [0.4, 0.5) is 5.82 Å². The fraction of sp³-hybridized carbons (Fsp3) is 0.429. The van der Waals surface area contributed by atoms with Gasteiger partial charge in [0.25, 0.3) is 0 Å². The number of hydrogen-bond acceptors (Lipinski definition) is 5. The molecule has 0 saturated heterocycles. The molecule has 1 unspecified atom stereocenters. The van der Waals surface area contributed by atoms with Crippen molar-refractivity contribution in [3.8, 4) is 0 Å². The number of benzene rings is 1. The lowest BCUT2D eigenvalue weighted by Crippen LogP contribution is -2.27.